The van der Waals surface area contributed by atoms with Crippen LogP contribution in [0.5, 0.6) is 0 Å². The summed E-state index contributed by atoms with van der Waals surface area (Å²) in [5, 5.41) is 14.5. The number of hydrogen-bond donors (Lipinski definition) is 3. The molecule has 0 aliphatic carbocycles. The van der Waals surface area contributed by atoms with Gasteiger partial charge in [-0.05, 0) is 43.7 Å². The molecule has 5 rings (SSSR count). The smallest absolute Gasteiger partial charge is 0.255 e. The summed E-state index contributed by atoms with van der Waals surface area (Å²) in [6.07, 6.45) is 1.51. The molecule has 196 valence electrons. The molecular formula is C28H32N8O2. The van der Waals surface area contributed by atoms with Crippen LogP contribution in [0, 0.1) is 13.8 Å². The Morgan fingerprint density at radius 1 is 1.03 bits per heavy atom. The van der Waals surface area contributed by atoms with Gasteiger partial charge in [0.05, 0.1) is 18.9 Å². The molecule has 0 radical (unpaired) electrons. The van der Waals surface area contributed by atoms with E-state index in [1.54, 1.807) is 4.68 Å². The standard InChI is InChI=1S/C28H32N8O2/c1-19-5-4-6-21(13-19)28(37)32-22-8-7-20(2)24(14-22)33-27-15-23(17-35-9-11-38-12-10-35)34-36(27)26-16-25(29-3)30-18-31-26/h4-8,13-16,18,33H,9-12,17H2,1-3H3,(H,32,37)(H,29,30,31). The third-order valence-corrected chi connectivity index (χ3v) is 6.41. The number of benzene rings is 2. The van der Waals surface area contributed by atoms with E-state index in [1.165, 1.54) is 6.33 Å². The van der Waals surface area contributed by atoms with Crippen LogP contribution in [-0.4, -0.2) is 63.9 Å². The van der Waals surface area contributed by atoms with Crippen LogP contribution < -0.4 is 16.0 Å². The molecule has 0 saturated carbocycles. The maximum atomic E-state index is 12.8. The zero-order valence-electron chi connectivity index (χ0n) is 21.9. The molecule has 1 amide bonds. The van der Waals surface area contributed by atoms with E-state index in [1.807, 2.05) is 75.5 Å². The van der Waals surface area contributed by atoms with Gasteiger partial charge in [-0.25, -0.2) is 9.97 Å². The lowest BCUT2D eigenvalue weighted by Gasteiger charge is -2.25. The number of nitrogens with one attached hydrogen (secondary N) is 3. The molecule has 10 heteroatoms. The summed E-state index contributed by atoms with van der Waals surface area (Å²) >= 11 is 0. The van der Waals surface area contributed by atoms with Gasteiger partial charge in [0, 0.05) is 55.8 Å². The second-order valence-electron chi connectivity index (χ2n) is 9.31. The van der Waals surface area contributed by atoms with Crippen LogP contribution in [0.3, 0.4) is 0 Å². The van der Waals surface area contributed by atoms with Crippen molar-refractivity contribution in [2.75, 3.05) is 49.3 Å². The second-order valence-corrected chi connectivity index (χ2v) is 9.31. The Labute approximate surface area is 222 Å². The van der Waals surface area contributed by atoms with E-state index >= 15 is 0 Å². The van der Waals surface area contributed by atoms with Gasteiger partial charge in [-0.2, -0.15) is 9.78 Å². The van der Waals surface area contributed by atoms with Gasteiger partial charge in [-0.1, -0.05) is 23.8 Å². The van der Waals surface area contributed by atoms with Gasteiger partial charge in [0.25, 0.3) is 5.91 Å². The highest BCUT2D eigenvalue weighted by Crippen LogP contribution is 2.27. The molecule has 38 heavy (non-hydrogen) atoms. The second kappa shape index (κ2) is 11.4. The van der Waals surface area contributed by atoms with Crippen molar-refractivity contribution in [3.05, 3.63) is 83.3 Å². The number of rotatable bonds is 8. The van der Waals surface area contributed by atoms with E-state index in [4.69, 9.17) is 9.84 Å². The van der Waals surface area contributed by atoms with E-state index in [-0.39, 0.29) is 5.91 Å². The van der Waals surface area contributed by atoms with Crippen LogP contribution in [0.4, 0.5) is 23.0 Å². The molecule has 0 unspecified atom stereocenters. The molecule has 0 spiro atoms. The van der Waals surface area contributed by atoms with Gasteiger partial charge in [0.1, 0.15) is 18.0 Å². The van der Waals surface area contributed by atoms with Crippen molar-refractivity contribution in [3.8, 4) is 5.82 Å². The summed E-state index contributed by atoms with van der Waals surface area (Å²) in [5.74, 6) is 1.95. The Morgan fingerprint density at radius 2 is 1.87 bits per heavy atom. The van der Waals surface area contributed by atoms with Crippen molar-refractivity contribution in [1.82, 2.24) is 24.6 Å². The van der Waals surface area contributed by atoms with E-state index in [9.17, 15) is 4.79 Å². The van der Waals surface area contributed by atoms with E-state index in [0.717, 1.165) is 54.6 Å². The minimum absolute atomic E-state index is 0.151. The number of nitrogens with zero attached hydrogens (tertiary/aromatic N) is 5. The third-order valence-electron chi connectivity index (χ3n) is 6.41. The molecule has 2 aromatic carbocycles. The van der Waals surface area contributed by atoms with Gasteiger partial charge in [0.15, 0.2) is 5.82 Å². The molecule has 1 fully saturated rings. The SMILES string of the molecule is CNc1cc(-n2nc(CN3CCOCC3)cc2Nc2cc(NC(=O)c3cccc(C)c3)ccc2C)ncn1. The highest BCUT2D eigenvalue weighted by molar-refractivity contribution is 6.04. The van der Waals surface area contributed by atoms with Gasteiger partial charge in [0.2, 0.25) is 0 Å². The predicted octanol–water partition coefficient (Wildman–Crippen LogP) is 4.15. The van der Waals surface area contributed by atoms with Crippen molar-refractivity contribution in [2.24, 2.45) is 0 Å². The summed E-state index contributed by atoms with van der Waals surface area (Å²) < 4.78 is 7.28. The normalized spacial score (nSPS) is 13.8. The molecule has 0 bridgehead atoms. The Hall–Kier alpha value is -4.28. The maximum absolute atomic E-state index is 12.8. The molecular weight excluding hydrogens is 480 g/mol. The highest BCUT2D eigenvalue weighted by atomic mass is 16.5. The Bertz CT molecular complexity index is 1430. The Balaban J connectivity index is 1.43. The number of aromatic nitrogens is 4. The zero-order chi connectivity index (χ0) is 26.5. The van der Waals surface area contributed by atoms with Gasteiger partial charge in [-0.15, -0.1) is 0 Å². The largest absolute Gasteiger partial charge is 0.379 e. The summed E-state index contributed by atoms with van der Waals surface area (Å²) in [4.78, 5) is 23.9. The van der Waals surface area contributed by atoms with Gasteiger partial charge >= 0.3 is 0 Å². The molecule has 4 aromatic rings. The number of aryl methyl sites for hydroxylation is 2. The van der Waals surface area contributed by atoms with Crippen LogP contribution in [0.2, 0.25) is 0 Å². The average molecular weight is 513 g/mol. The highest BCUT2D eigenvalue weighted by Gasteiger charge is 2.17. The monoisotopic (exact) mass is 512 g/mol. The first kappa shape index (κ1) is 25.4. The molecule has 3 N–H and O–H groups in total. The number of anilines is 4. The quantitative estimate of drug-likeness (QED) is 0.323. The van der Waals surface area contributed by atoms with Crippen LogP contribution in [-0.2, 0) is 11.3 Å². The number of amides is 1. The summed E-state index contributed by atoms with van der Waals surface area (Å²) in [7, 11) is 1.82. The number of ether oxygens (including phenoxy) is 1. The molecule has 1 saturated heterocycles. The number of carbonyl (C=O) groups excluding carboxylic acids is 1. The molecule has 0 atom stereocenters. The van der Waals surface area contributed by atoms with Crippen molar-refractivity contribution < 1.29 is 9.53 Å². The van der Waals surface area contributed by atoms with Crippen LogP contribution in [0.1, 0.15) is 27.2 Å². The van der Waals surface area contributed by atoms with Crippen molar-refractivity contribution in [3.63, 3.8) is 0 Å². The first-order chi connectivity index (χ1) is 18.5. The lowest BCUT2D eigenvalue weighted by Crippen LogP contribution is -2.35. The van der Waals surface area contributed by atoms with Gasteiger partial charge in [-0.3, -0.25) is 9.69 Å². The maximum Gasteiger partial charge on any atom is 0.255 e. The number of morpholine rings is 1. The van der Waals surface area contributed by atoms with E-state index in [0.29, 0.717) is 29.4 Å². The number of hydrogen-bond acceptors (Lipinski definition) is 8. The van der Waals surface area contributed by atoms with Crippen LogP contribution >= 0.6 is 0 Å². The van der Waals surface area contributed by atoms with E-state index in [2.05, 4.69) is 30.8 Å². The molecule has 1 aliphatic heterocycles. The lowest BCUT2D eigenvalue weighted by molar-refractivity contribution is 0.0336. The Kier molecular flexibility index (Phi) is 7.62. The topological polar surface area (TPSA) is 109 Å². The number of carbonyl (C=O) groups is 1. The molecule has 1 aliphatic rings. The summed E-state index contributed by atoms with van der Waals surface area (Å²) in [5.41, 5.74) is 5.16. The predicted molar refractivity (Wildman–Crippen MR) is 148 cm³/mol. The Morgan fingerprint density at radius 3 is 2.66 bits per heavy atom. The summed E-state index contributed by atoms with van der Waals surface area (Å²) in [6, 6.07) is 17.2. The molecule has 2 aromatic heterocycles. The fraction of sp³-hybridized carbons (Fsp3) is 0.286. The summed E-state index contributed by atoms with van der Waals surface area (Å²) in [6.45, 7) is 7.89. The van der Waals surface area contributed by atoms with Crippen molar-refractivity contribution >= 4 is 28.9 Å². The molecule has 10 nitrogen and oxygen atoms in total. The minimum atomic E-state index is -0.151. The lowest BCUT2D eigenvalue weighted by atomic mass is 10.1. The van der Waals surface area contributed by atoms with Crippen LogP contribution in [0.25, 0.3) is 5.82 Å². The van der Waals surface area contributed by atoms with Crippen LogP contribution in [0.15, 0.2) is 60.9 Å². The first-order valence-electron chi connectivity index (χ1n) is 12.6. The first-order valence-corrected chi connectivity index (χ1v) is 12.6. The van der Waals surface area contributed by atoms with Crippen molar-refractivity contribution in [1.29, 1.82) is 0 Å². The fourth-order valence-corrected chi connectivity index (χ4v) is 4.32. The third kappa shape index (κ3) is 5.99. The van der Waals surface area contributed by atoms with Crippen molar-refractivity contribution in [2.45, 2.75) is 20.4 Å². The average Bonchev–Trinajstić information content (AvgIpc) is 3.33. The molecule has 3 heterocycles. The zero-order valence-corrected chi connectivity index (χ0v) is 21.9. The minimum Gasteiger partial charge on any atom is -0.379 e. The fourth-order valence-electron chi connectivity index (χ4n) is 4.32. The van der Waals surface area contributed by atoms with Gasteiger partial charge < -0.3 is 20.7 Å². The van der Waals surface area contributed by atoms with E-state index < -0.39 is 0 Å².